The zero-order valence-corrected chi connectivity index (χ0v) is 22.3. The van der Waals surface area contributed by atoms with Crippen LogP contribution in [0.25, 0.3) is 0 Å². The van der Waals surface area contributed by atoms with Gasteiger partial charge in [-0.05, 0) is 126 Å². The number of hydrogen-bond acceptors (Lipinski definition) is 3. The molecule has 5 aliphatic carbocycles. The Bertz CT molecular complexity index is 821. The molecular weight excluding hydrogens is 407 g/mol. The molecule has 9 atom stereocenters. The summed E-state index contributed by atoms with van der Waals surface area (Å²) in [7, 11) is 1.80. The Kier molecular flexibility index (Phi) is 4.99. The number of methoxy groups -OCH3 is 1. The van der Waals surface area contributed by atoms with Gasteiger partial charge in [-0.25, -0.2) is 0 Å². The second-order valence-corrected chi connectivity index (χ2v) is 14.3. The summed E-state index contributed by atoms with van der Waals surface area (Å²) in [5.74, 6) is 6.66. The first-order chi connectivity index (χ1) is 15.5. The van der Waals surface area contributed by atoms with E-state index in [1.54, 1.807) is 0 Å². The first-order valence-corrected chi connectivity index (χ1v) is 14.0. The van der Waals surface area contributed by atoms with E-state index in [1.807, 2.05) is 7.11 Å². The van der Waals surface area contributed by atoms with Gasteiger partial charge in [0.2, 0.25) is 0 Å². The van der Waals surface area contributed by atoms with Crippen molar-refractivity contribution in [2.24, 2.45) is 45.8 Å². The van der Waals surface area contributed by atoms with Crippen LogP contribution >= 0.6 is 0 Å². The summed E-state index contributed by atoms with van der Waals surface area (Å²) < 4.78 is 18.7. The summed E-state index contributed by atoms with van der Waals surface area (Å²) in [5.41, 5.74) is 1.07. The predicted molar refractivity (Wildman–Crippen MR) is 134 cm³/mol. The first-order valence-electron chi connectivity index (χ1n) is 14.0. The minimum Gasteiger partial charge on any atom is -0.400 e. The molecule has 2 unspecified atom stereocenters. The van der Waals surface area contributed by atoms with E-state index >= 15 is 0 Å². The summed E-state index contributed by atoms with van der Waals surface area (Å²) in [5, 5.41) is 0. The molecule has 0 N–H and O–H groups in total. The van der Waals surface area contributed by atoms with Crippen LogP contribution in [0, 0.1) is 45.8 Å². The molecule has 4 heteroatoms. The Labute approximate surface area is 202 Å². The van der Waals surface area contributed by atoms with E-state index in [0.29, 0.717) is 22.3 Å². The van der Waals surface area contributed by atoms with Gasteiger partial charge in [0.15, 0.2) is 0 Å². The van der Waals surface area contributed by atoms with Crippen molar-refractivity contribution in [1.29, 1.82) is 0 Å². The third-order valence-corrected chi connectivity index (χ3v) is 13.0. The zero-order valence-electron chi connectivity index (χ0n) is 22.3. The lowest BCUT2D eigenvalue weighted by atomic mass is 9.45. The fraction of sp³-hybridized carbons (Fsp3) is 0.931. The number of rotatable bonds is 4. The van der Waals surface area contributed by atoms with E-state index in [9.17, 15) is 0 Å². The second kappa shape index (κ2) is 7.13. The highest BCUT2D eigenvalue weighted by atomic mass is 16.7. The van der Waals surface area contributed by atoms with Gasteiger partial charge in [-0.15, -0.1) is 0 Å². The quantitative estimate of drug-likeness (QED) is 0.435. The molecule has 33 heavy (non-hydrogen) atoms. The van der Waals surface area contributed by atoms with Gasteiger partial charge >= 0.3 is 7.12 Å². The molecule has 6 aliphatic rings. The minimum atomic E-state index is -0.252. The standard InChI is InChI=1S/C29H47BO3/c1-25(2)26(3,4)33-30(32-25)16-8-9-19-10-11-22-21-17-24(31-7)29-18-20(29)12-15-28(29,6)23(21)13-14-27(19,22)5/h8,16,19-24H,9-15,17-18H2,1-7H3/b16-8+/t19-,20+,21-,22-,23-,24?,27+,28+,29?/m0/s1. The molecule has 0 aromatic rings. The molecule has 6 rings (SSSR count). The van der Waals surface area contributed by atoms with Crippen molar-refractivity contribution in [2.45, 2.75) is 117 Å². The lowest BCUT2D eigenvalue weighted by Gasteiger charge is -2.60. The second-order valence-electron chi connectivity index (χ2n) is 14.3. The van der Waals surface area contributed by atoms with Gasteiger partial charge < -0.3 is 14.0 Å². The molecule has 6 fully saturated rings. The topological polar surface area (TPSA) is 27.7 Å². The van der Waals surface area contributed by atoms with Gasteiger partial charge in [0.1, 0.15) is 0 Å². The van der Waals surface area contributed by atoms with E-state index in [2.05, 4.69) is 53.6 Å². The highest BCUT2D eigenvalue weighted by Crippen LogP contribution is 2.82. The van der Waals surface area contributed by atoms with Crippen molar-refractivity contribution >= 4 is 7.12 Å². The third-order valence-electron chi connectivity index (χ3n) is 13.0. The van der Waals surface area contributed by atoms with Crippen molar-refractivity contribution in [1.82, 2.24) is 0 Å². The van der Waals surface area contributed by atoms with Gasteiger partial charge in [0.25, 0.3) is 0 Å². The molecule has 0 aromatic carbocycles. The van der Waals surface area contributed by atoms with E-state index in [0.717, 1.165) is 29.6 Å². The molecule has 1 heterocycles. The molecule has 1 saturated heterocycles. The van der Waals surface area contributed by atoms with Crippen molar-refractivity contribution in [2.75, 3.05) is 7.11 Å². The molecule has 3 nitrogen and oxygen atoms in total. The highest BCUT2D eigenvalue weighted by Gasteiger charge is 2.77. The Morgan fingerprint density at radius 2 is 1.64 bits per heavy atom. The summed E-state index contributed by atoms with van der Waals surface area (Å²) >= 11 is 0. The predicted octanol–water partition coefficient (Wildman–Crippen LogP) is 6.85. The molecule has 0 radical (unpaired) electrons. The van der Waals surface area contributed by atoms with E-state index < -0.39 is 0 Å². The van der Waals surface area contributed by atoms with Crippen LogP contribution in [0.5, 0.6) is 0 Å². The van der Waals surface area contributed by atoms with E-state index in [1.165, 1.54) is 57.8 Å². The Morgan fingerprint density at radius 3 is 2.30 bits per heavy atom. The van der Waals surface area contributed by atoms with Crippen LogP contribution in [0.2, 0.25) is 0 Å². The van der Waals surface area contributed by atoms with Gasteiger partial charge in [-0.1, -0.05) is 25.9 Å². The minimum absolute atomic E-state index is 0.207. The van der Waals surface area contributed by atoms with Crippen LogP contribution in [0.4, 0.5) is 0 Å². The highest BCUT2D eigenvalue weighted by molar-refractivity contribution is 6.51. The van der Waals surface area contributed by atoms with Crippen LogP contribution < -0.4 is 0 Å². The van der Waals surface area contributed by atoms with Crippen LogP contribution in [0.15, 0.2) is 12.1 Å². The average molecular weight is 455 g/mol. The van der Waals surface area contributed by atoms with Gasteiger partial charge in [-0.2, -0.15) is 0 Å². The smallest absolute Gasteiger partial charge is 0.400 e. The molecule has 1 aliphatic heterocycles. The van der Waals surface area contributed by atoms with Crippen molar-refractivity contribution in [3.05, 3.63) is 12.1 Å². The number of allylic oxidation sites excluding steroid dienone is 1. The average Bonchev–Trinajstić information content (AvgIpc) is 3.18. The maximum absolute atomic E-state index is 6.29. The maximum atomic E-state index is 6.29. The third kappa shape index (κ3) is 2.93. The lowest BCUT2D eigenvalue weighted by Crippen LogP contribution is -2.56. The molecular formula is C29H47BO3. The fourth-order valence-corrected chi connectivity index (χ4v) is 10.4. The van der Waals surface area contributed by atoms with Crippen LogP contribution in [-0.4, -0.2) is 31.5 Å². The van der Waals surface area contributed by atoms with Gasteiger partial charge in [-0.3, -0.25) is 0 Å². The van der Waals surface area contributed by atoms with Crippen molar-refractivity contribution in [3.8, 4) is 0 Å². The SMILES string of the molecule is COC1C[C@H]2[C@@H]3CC[C@H](C/C=C/B4OC(C)(C)C(C)(C)O4)[C@@]3(C)CC[C@@H]2[C@@]2(C)CC[C@@H]3CC132. The van der Waals surface area contributed by atoms with Crippen molar-refractivity contribution < 1.29 is 14.0 Å². The molecule has 5 saturated carbocycles. The largest absolute Gasteiger partial charge is 0.486 e. The number of fused-ring (bicyclic) bond motifs is 4. The van der Waals surface area contributed by atoms with Crippen LogP contribution in [-0.2, 0) is 14.0 Å². The zero-order chi connectivity index (χ0) is 23.4. The Balaban J connectivity index is 1.17. The molecule has 1 spiro atoms. The Morgan fingerprint density at radius 1 is 0.909 bits per heavy atom. The molecule has 0 amide bonds. The van der Waals surface area contributed by atoms with E-state index in [4.69, 9.17) is 14.0 Å². The Hall–Kier alpha value is -0.315. The van der Waals surface area contributed by atoms with E-state index in [-0.39, 0.29) is 18.3 Å². The maximum Gasteiger partial charge on any atom is 0.486 e. The summed E-state index contributed by atoms with van der Waals surface area (Å²) in [4.78, 5) is 0. The van der Waals surface area contributed by atoms with Gasteiger partial charge in [0.05, 0.1) is 17.3 Å². The molecule has 184 valence electrons. The first kappa shape index (κ1) is 23.1. The molecule has 0 aromatic heterocycles. The van der Waals surface area contributed by atoms with Crippen LogP contribution in [0.1, 0.15) is 99.3 Å². The van der Waals surface area contributed by atoms with Crippen LogP contribution in [0.3, 0.4) is 0 Å². The summed E-state index contributed by atoms with van der Waals surface area (Å²) in [6.45, 7) is 13.9. The lowest BCUT2D eigenvalue weighted by molar-refractivity contribution is -0.159. The van der Waals surface area contributed by atoms with Crippen molar-refractivity contribution in [3.63, 3.8) is 0 Å². The number of hydrogen-bond donors (Lipinski definition) is 0. The normalized spacial score (nSPS) is 53.6. The monoisotopic (exact) mass is 454 g/mol. The number of ether oxygens (including phenoxy) is 1. The molecule has 0 bridgehead atoms. The summed E-state index contributed by atoms with van der Waals surface area (Å²) in [6.07, 6.45) is 15.5. The summed E-state index contributed by atoms with van der Waals surface area (Å²) in [6, 6.07) is 0. The van der Waals surface area contributed by atoms with Gasteiger partial charge in [0, 0.05) is 12.5 Å². The fourth-order valence-electron chi connectivity index (χ4n) is 10.4.